The molecule has 0 bridgehead atoms. The lowest BCUT2D eigenvalue weighted by Crippen LogP contribution is -2.39. The number of carbonyl (C=O) groups is 1. The molecule has 0 heterocycles. The minimum Gasteiger partial charge on any atom is -0.376 e. The Morgan fingerprint density at radius 3 is 2.61 bits per heavy atom. The van der Waals surface area contributed by atoms with Gasteiger partial charge in [0.25, 0.3) is 5.91 Å². The number of hydrogen-bond acceptors (Lipinski definition) is 3. The summed E-state index contributed by atoms with van der Waals surface area (Å²) in [6.45, 7) is 4.80. The first kappa shape index (κ1) is 24.7. The van der Waals surface area contributed by atoms with Crippen molar-refractivity contribution < 1.29 is 9.53 Å². The predicted molar refractivity (Wildman–Crippen MR) is 126 cm³/mol. The van der Waals surface area contributed by atoms with Crippen LogP contribution in [0.15, 0.2) is 29.3 Å². The number of carbonyl (C=O) groups excluding carboxylic acids is 1. The van der Waals surface area contributed by atoms with E-state index in [-0.39, 0.29) is 29.9 Å². The monoisotopic (exact) mass is 502 g/mol. The van der Waals surface area contributed by atoms with Crippen LogP contribution < -0.4 is 16.0 Å². The number of guanidine groups is 1. The van der Waals surface area contributed by atoms with Gasteiger partial charge in [0.1, 0.15) is 0 Å². The molecule has 1 aromatic rings. The Kier molecular flexibility index (Phi) is 12.9. The third-order valence-corrected chi connectivity index (χ3v) is 4.73. The van der Waals surface area contributed by atoms with E-state index >= 15 is 0 Å². The van der Waals surface area contributed by atoms with Crippen LogP contribution in [0.2, 0.25) is 0 Å². The summed E-state index contributed by atoms with van der Waals surface area (Å²) in [6, 6.07) is 7.55. The van der Waals surface area contributed by atoms with Gasteiger partial charge < -0.3 is 20.7 Å². The fraction of sp³-hybridized carbons (Fsp3) is 0.619. The highest BCUT2D eigenvalue weighted by atomic mass is 127. The Morgan fingerprint density at radius 1 is 1.18 bits per heavy atom. The van der Waals surface area contributed by atoms with E-state index in [1.807, 2.05) is 25.1 Å². The number of aliphatic imine (C=N–C) groups is 1. The summed E-state index contributed by atoms with van der Waals surface area (Å²) >= 11 is 0. The Hall–Kier alpha value is -1.35. The number of nitrogens with zero attached hydrogens (tertiary/aromatic N) is 1. The highest BCUT2D eigenvalue weighted by molar-refractivity contribution is 14.0. The molecule has 1 aliphatic carbocycles. The Labute approximate surface area is 186 Å². The molecule has 3 N–H and O–H groups in total. The molecule has 0 aromatic heterocycles. The molecule has 1 fully saturated rings. The molecule has 0 unspecified atom stereocenters. The molecule has 1 saturated carbocycles. The predicted octanol–water partition coefficient (Wildman–Crippen LogP) is 3.46. The standard InChI is InChI=1S/C21H34N4O2.HI/c1-3-23-21(24-13-14-27-19-11-6-4-5-7-12-19)25-16-17-9-8-10-18(15-17)20(26)22-2;/h8-10,15,19H,3-7,11-14,16H2,1-2H3,(H,22,26)(H2,23,24,25);1H. The van der Waals surface area contributed by atoms with Gasteiger partial charge in [0.15, 0.2) is 5.96 Å². The third kappa shape index (κ3) is 9.23. The third-order valence-electron chi connectivity index (χ3n) is 4.73. The lowest BCUT2D eigenvalue weighted by Gasteiger charge is -2.16. The van der Waals surface area contributed by atoms with Crippen LogP contribution in [0, 0.1) is 0 Å². The number of nitrogens with one attached hydrogen (secondary N) is 3. The molecule has 1 amide bonds. The van der Waals surface area contributed by atoms with Gasteiger partial charge in [0.2, 0.25) is 0 Å². The van der Waals surface area contributed by atoms with Crippen molar-refractivity contribution in [1.82, 2.24) is 16.0 Å². The number of amides is 1. The fourth-order valence-corrected chi connectivity index (χ4v) is 3.27. The van der Waals surface area contributed by atoms with Gasteiger partial charge in [-0.3, -0.25) is 4.79 Å². The summed E-state index contributed by atoms with van der Waals surface area (Å²) in [6.07, 6.45) is 8.06. The number of hydrogen-bond donors (Lipinski definition) is 3. The topological polar surface area (TPSA) is 74.8 Å². The molecule has 0 saturated heterocycles. The minimum atomic E-state index is -0.0819. The number of halogens is 1. The van der Waals surface area contributed by atoms with E-state index in [0.717, 1.165) is 24.6 Å². The molecule has 7 heteroatoms. The molecule has 6 nitrogen and oxygen atoms in total. The van der Waals surface area contributed by atoms with Crippen LogP contribution in [0.5, 0.6) is 0 Å². The van der Waals surface area contributed by atoms with Crippen molar-refractivity contribution in [3.05, 3.63) is 35.4 Å². The van der Waals surface area contributed by atoms with Gasteiger partial charge in [-0.1, -0.05) is 37.8 Å². The molecule has 1 aliphatic rings. The molecular formula is C21H35IN4O2. The van der Waals surface area contributed by atoms with Gasteiger partial charge in [-0.25, -0.2) is 4.99 Å². The first-order valence-corrected chi connectivity index (χ1v) is 10.2. The maximum atomic E-state index is 11.7. The summed E-state index contributed by atoms with van der Waals surface area (Å²) in [5, 5.41) is 9.23. The maximum absolute atomic E-state index is 11.7. The second kappa shape index (κ2) is 14.6. The molecule has 1 aromatic carbocycles. The van der Waals surface area contributed by atoms with Crippen LogP contribution in [0.4, 0.5) is 0 Å². The lowest BCUT2D eigenvalue weighted by molar-refractivity contribution is 0.0468. The van der Waals surface area contributed by atoms with Crippen LogP contribution in [-0.2, 0) is 11.3 Å². The highest BCUT2D eigenvalue weighted by Gasteiger charge is 2.12. The molecule has 0 radical (unpaired) electrons. The molecule has 0 spiro atoms. The van der Waals surface area contributed by atoms with Crippen LogP contribution in [0.3, 0.4) is 0 Å². The number of benzene rings is 1. The molecular weight excluding hydrogens is 467 g/mol. The van der Waals surface area contributed by atoms with Crippen molar-refractivity contribution in [2.75, 3.05) is 26.7 Å². The van der Waals surface area contributed by atoms with E-state index < -0.39 is 0 Å². The van der Waals surface area contributed by atoms with Crippen LogP contribution in [0.1, 0.15) is 61.4 Å². The van der Waals surface area contributed by atoms with E-state index in [2.05, 4.69) is 20.9 Å². The summed E-state index contributed by atoms with van der Waals surface area (Å²) in [5.74, 6) is 0.689. The maximum Gasteiger partial charge on any atom is 0.251 e. The quantitative estimate of drug-likeness (QED) is 0.167. The second-order valence-electron chi connectivity index (χ2n) is 6.89. The largest absolute Gasteiger partial charge is 0.376 e. The van der Waals surface area contributed by atoms with Gasteiger partial charge in [0, 0.05) is 25.7 Å². The number of rotatable bonds is 8. The zero-order valence-corrected chi connectivity index (χ0v) is 19.5. The zero-order chi connectivity index (χ0) is 19.3. The molecule has 2 rings (SSSR count). The van der Waals surface area contributed by atoms with E-state index in [4.69, 9.17) is 4.74 Å². The van der Waals surface area contributed by atoms with Crippen molar-refractivity contribution in [3.8, 4) is 0 Å². The van der Waals surface area contributed by atoms with Crippen molar-refractivity contribution in [3.63, 3.8) is 0 Å². The number of ether oxygens (including phenoxy) is 1. The van der Waals surface area contributed by atoms with Gasteiger partial charge >= 0.3 is 0 Å². The lowest BCUT2D eigenvalue weighted by atomic mass is 10.1. The second-order valence-corrected chi connectivity index (χ2v) is 6.89. The van der Waals surface area contributed by atoms with Crippen molar-refractivity contribution in [2.24, 2.45) is 4.99 Å². The van der Waals surface area contributed by atoms with E-state index in [1.54, 1.807) is 13.1 Å². The minimum absolute atomic E-state index is 0. The summed E-state index contributed by atoms with van der Waals surface area (Å²) in [7, 11) is 1.64. The zero-order valence-electron chi connectivity index (χ0n) is 17.1. The Balaban J connectivity index is 0.00000392. The van der Waals surface area contributed by atoms with Crippen molar-refractivity contribution in [1.29, 1.82) is 0 Å². The first-order chi connectivity index (χ1) is 13.2. The first-order valence-electron chi connectivity index (χ1n) is 10.2. The smallest absolute Gasteiger partial charge is 0.251 e. The average Bonchev–Trinajstić information content (AvgIpc) is 2.97. The molecule has 28 heavy (non-hydrogen) atoms. The van der Waals surface area contributed by atoms with Crippen LogP contribution in [-0.4, -0.2) is 44.7 Å². The van der Waals surface area contributed by atoms with E-state index in [0.29, 0.717) is 24.8 Å². The van der Waals surface area contributed by atoms with Crippen LogP contribution >= 0.6 is 24.0 Å². The Morgan fingerprint density at radius 2 is 1.93 bits per heavy atom. The van der Waals surface area contributed by atoms with Crippen molar-refractivity contribution >= 4 is 35.8 Å². The Bertz CT molecular complexity index is 602. The normalized spacial score (nSPS) is 15.3. The van der Waals surface area contributed by atoms with Gasteiger partial charge in [-0.05, 0) is 37.5 Å². The molecule has 0 aliphatic heterocycles. The van der Waals surface area contributed by atoms with Gasteiger partial charge in [0.05, 0.1) is 19.3 Å². The SMILES string of the molecule is CCNC(=NCc1cccc(C(=O)NC)c1)NCCOC1CCCCCC1.I. The molecule has 0 atom stereocenters. The van der Waals surface area contributed by atoms with Gasteiger partial charge in [-0.2, -0.15) is 0 Å². The summed E-state index contributed by atoms with van der Waals surface area (Å²) in [4.78, 5) is 16.4. The van der Waals surface area contributed by atoms with E-state index in [9.17, 15) is 4.79 Å². The summed E-state index contributed by atoms with van der Waals surface area (Å²) < 4.78 is 6.02. The fourth-order valence-electron chi connectivity index (χ4n) is 3.27. The molecule has 158 valence electrons. The highest BCUT2D eigenvalue weighted by Crippen LogP contribution is 2.19. The van der Waals surface area contributed by atoms with E-state index in [1.165, 1.54) is 38.5 Å². The van der Waals surface area contributed by atoms with Crippen LogP contribution in [0.25, 0.3) is 0 Å². The summed E-state index contributed by atoms with van der Waals surface area (Å²) in [5.41, 5.74) is 1.66. The average molecular weight is 502 g/mol. The van der Waals surface area contributed by atoms with Gasteiger partial charge in [-0.15, -0.1) is 24.0 Å². The van der Waals surface area contributed by atoms with Crippen molar-refractivity contribution in [2.45, 2.75) is 58.1 Å².